The van der Waals surface area contributed by atoms with E-state index in [2.05, 4.69) is 0 Å². The van der Waals surface area contributed by atoms with Crippen molar-refractivity contribution in [3.8, 4) is 11.4 Å². The summed E-state index contributed by atoms with van der Waals surface area (Å²) in [5, 5.41) is 5.08. The van der Waals surface area contributed by atoms with Crippen LogP contribution < -0.4 is 5.73 Å². The molecule has 0 fully saturated rings. The zero-order valence-electron chi connectivity index (χ0n) is 20.7. The lowest BCUT2D eigenvalue weighted by Gasteiger charge is -2.39. The van der Waals surface area contributed by atoms with Crippen LogP contribution in [0.25, 0.3) is 11.4 Å². The number of rotatable bonds is 10. The molecule has 3 aromatic rings. The van der Waals surface area contributed by atoms with Crippen LogP contribution in [0.15, 0.2) is 48.5 Å². The Morgan fingerprint density at radius 3 is 2.57 bits per heavy atom. The average molecular weight is 502 g/mol. The van der Waals surface area contributed by atoms with Gasteiger partial charge in [0.15, 0.2) is 11.6 Å². The van der Waals surface area contributed by atoms with E-state index in [1.54, 1.807) is 9.58 Å². The summed E-state index contributed by atoms with van der Waals surface area (Å²) in [6, 6.07) is 13.6. The molecule has 188 valence electrons. The molecule has 0 aliphatic heterocycles. The van der Waals surface area contributed by atoms with Gasteiger partial charge in [0, 0.05) is 18.7 Å². The van der Waals surface area contributed by atoms with Crippen LogP contribution in [0, 0.1) is 11.2 Å². The van der Waals surface area contributed by atoms with Crippen LogP contribution in [-0.4, -0.2) is 52.4 Å². The third-order valence-electron chi connectivity index (χ3n) is 5.61. The molecule has 0 aliphatic rings. The van der Waals surface area contributed by atoms with Crippen molar-refractivity contribution in [2.75, 3.05) is 26.8 Å². The van der Waals surface area contributed by atoms with Crippen LogP contribution in [0.4, 0.5) is 4.39 Å². The molecule has 0 unspecified atom stereocenters. The van der Waals surface area contributed by atoms with Gasteiger partial charge in [-0.1, -0.05) is 62.7 Å². The highest BCUT2D eigenvalue weighted by Gasteiger charge is 2.38. The molecule has 9 heteroatoms. The van der Waals surface area contributed by atoms with Gasteiger partial charge in [-0.25, -0.2) is 14.1 Å². The monoisotopic (exact) mass is 501 g/mol. The lowest BCUT2D eigenvalue weighted by atomic mass is 9.84. The number of methoxy groups -OCH3 is 1. The van der Waals surface area contributed by atoms with Crippen LogP contribution in [0.3, 0.4) is 0 Å². The highest BCUT2D eigenvalue weighted by atomic mass is 35.5. The first kappa shape index (κ1) is 26.8. The molecule has 1 heterocycles. The molecule has 3 rings (SSSR count). The van der Waals surface area contributed by atoms with E-state index in [0.29, 0.717) is 36.9 Å². The maximum Gasteiger partial charge on any atom is 0.249 e. The topological polar surface area (TPSA) is 86.3 Å². The largest absolute Gasteiger partial charge is 0.375 e. The molecule has 7 nitrogen and oxygen atoms in total. The van der Waals surface area contributed by atoms with Gasteiger partial charge in [-0.3, -0.25) is 4.79 Å². The van der Waals surface area contributed by atoms with Crippen molar-refractivity contribution < 1.29 is 13.9 Å². The number of hydrogen-bond acceptors (Lipinski definition) is 5. The van der Waals surface area contributed by atoms with E-state index in [9.17, 15) is 9.18 Å². The highest BCUT2D eigenvalue weighted by Crippen LogP contribution is 2.39. The Morgan fingerprint density at radius 2 is 1.94 bits per heavy atom. The molecule has 2 aromatic carbocycles. The Labute approximate surface area is 211 Å². The first-order valence-electron chi connectivity index (χ1n) is 11.6. The fourth-order valence-corrected chi connectivity index (χ4v) is 4.24. The predicted molar refractivity (Wildman–Crippen MR) is 135 cm³/mol. The normalized spacial score (nSPS) is 12.5. The third kappa shape index (κ3) is 6.66. The van der Waals surface area contributed by atoms with Crippen molar-refractivity contribution in [1.82, 2.24) is 19.7 Å². The van der Waals surface area contributed by atoms with Gasteiger partial charge < -0.3 is 15.4 Å². The standard InChI is InChI=1S/C26H33ClFN5O2/c1-26(2,3)23(32(14-8-13-29)22(34)17-35-4)25-30-24(20-15-19(27)11-12-21(20)28)31-33(25)16-18-9-6-5-7-10-18/h5-7,9-12,15,23H,8,13-14,16-17,29H2,1-4H3/t23-/m0/s1. The van der Waals surface area contributed by atoms with Crippen molar-refractivity contribution in [2.45, 2.75) is 39.8 Å². The number of benzene rings is 2. The number of carbonyl (C=O) groups excluding carboxylic acids is 1. The van der Waals surface area contributed by atoms with E-state index in [1.165, 1.54) is 25.3 Å². The van der Waals surface area contributed by atoms with Gasteiger partial charge in [-0.05, 0) is 42.1 Å². The molecular weight excluding hydrogens is 469 g/mol. The number of ether oxygens (including phenoxy) is 1. The van der Waals surface area contributed by atoms with Gasteiger partial charge in [0.25, 0.3) is 0 Å². The third-order valence-corrected chi connectivity index (χ3v) is 5.85. The molecule has 0 saturated heterocycles. The lowest BCUT2D eigenvalue weighted by molar-refractivity contribution is -0.140. The van der Waals surface area contributed by atoms with Crippen LogP contribution >= 0.6 is 11.6 Å². The second kappa shape index (κ2) is 11.7. The average Bonchev–Trinajstić information content (AvgIpc) is 3.20. The summed E-state index contributed by atoms with van der Waals surface area (Å²) in [5.41, 5.74) is 6.56. The van der Waals surface area contributed by atoms with E-state index in [4.69, 9.17) is 32.2 Å². The minimum atomic E-state index is -0.472. The number of halogens is 2. The van der Waals surface area contributed by atoms with Crippen molar-refractivity contribution in [3.05, 3.63) is 70.8 Å². The van der Waals surface area contributed by atoms with Crippen LogP contribution in [0.5, 0.6) is 0 Å². The van der Waals surface area contributed by atoms with Gasteiger partial charge in [-0.15, -0.1) is 0 Å². The summed E-state index contributed by atoms with van der Waals surface area (Å²) < 4.78 is 21.7. The molecule has 0 bridgehead atoms. The molecule has 0 saturated carbocycles. The Balaban J connectivity index is 2.20. The zero-order valence-corrected chi connectivity index (χ0v) is 21.4. The van der Waals surface area contributed by atoms with Gasteiger partial charge >= 0.3 is 0 Å². The number of hydrogen-bond donors (Lipinski definition) is 1. The minimum absolute atomic E-state index is 0.0697. The smallest absolute Gasteiger partial charge is 0.249 e. The lowest BCUT2D eigenvalue weighted by Crippen LogP contribution is -2.45. The fraction of sp³-hybridized carbons (Fsp3) is 0.423. The molecular formula is C26H33ClFN5O2. The first-order chi connectivity index (χ1) is 16.7. The van der Waals surface area contributed by atoms with Gasteiger partial charge in [0.05, 0.1) is 18.2 Å². The van der Waals surface area contributed by atoms with Gasteiger partial charge in [-0.2, -0.15) is 5.10 Å². The maximum atomic E-state index is 14.8. The second-order valence-electron chi connectivity index (χ2n) is 9.49. The van der Waals surface area contributed by atoms with Crippen molar-refractivity contribution >= 4 is 17.5 Å². The SMILES string of the molecule is COCC(=O)N(CCCN)[C@@H](c1nc(-c2cc(Cl)ccc2F)nn1Cc1ccccc1)C(C)(C)C. The molecule has 0 spiro atoms. The van der Waals surface area contributed by atoms with Crippen molar-refractivity contribution in [3.63, 3.8) is 0 Å². The van der Waals surface area contributed by atoms with E-state index < -0.39 is 17.3 Å². The molecule has 1 amide bonds. The molecule has 1 atom stereocenters. The first-order valence-corrected chi connectivity index (χ1v) is 12.0. The van der Waals surface area contributed by atoms with E-state index in [1.807, 2.05) is 51.1 Å². The second-order valence-corrected chi connectivity index (χ2v) is 9.93. The minimum Gasteiger partial charge on any atom is -0.375 e. The predicted octanol–water partition coefficient (Wildman–Crippen LogP) is 4.70. The summed E-state index contributed by atoms with van der Waals surface area (Å²) >= 11 is 6.15. The summed E-state index contributed by atoms with van der Waals surface area (Å²) in [6.07, 6.45) is 0.616. The quantitative estimate of drug-likeness (QED) is 0.435. The summed E-state index contributed by atoms with van der Waals surface area (Å²) in [7, 11) is 1.49. The molecule has 0 aliphatic carbocycles. The fourth-order valence-electron chi connectivity index (χ4n) is 4.07. The molecule has 2 N–H and O–H groups in total. The summed E-state index contributed by atoms with van der Waals surface area (Å²) in [6.45, 7) is 7.31. The Bertz CT molecular complexity index is 1130. The van der Waals surface area contributed by atoms with Crippen molar-refractivity contribution in [2.24, 2.45) is 11.1 Å². The molecule has 35 heavy (non-hydrogen) atoms. The van der Waals surface area contributed by atoms with E-state index >= 15 is 0 Å². The number of amides is 1. The number of aromatic nitrogens is 3. The Morgan fingerprint density at radius 1 is 1.23 bits per heavy atom. The van der Waals surface area contributed by atoms with E-state index in [0.717, 1.165) is 5.56 Å². The van der Waals surface area contributed by atoms with Crippen molar-refractivity contribution in [1.29, 1.82) is 0 Å². The van der Waals surface area contributed by atoms with Crippen LogP contribution in [0.2, 0.25) is 5.02 Å². The van der Waals surface area contributed by atoms with Crippen LogP contribution in [-0.2, 0) is 16.1 Å². The number of nitrogens with two attached hydrogens (primary N) is 1. The zero-order chi connectivity index (χ0) is 25.6. The van der Waals surface area contributed by atoms with Crippen LogP contribution in [0.1, 0.15) is 44.6 Å². The maximum absolute atomic E-state index is 14.8. The summed E-state index contributed by atoms with van der Waals surface area (Å²) in [4.78, 5) is 19.7. The van der Waals surface area contributed by atoms with E-state index in [-0.39, 0.29) is 23.9 Å². The molecule has 1 aromatic heterocycles. The van der Waals surface area contributed by atoms with Gasteiger partial charge in [0.2, 0.25) is 5.91 Å². The highest BCUT2D eigenvalue weighted by molar-refractivity contribution is 6.30. The Kier molecular flexibility index (Phi) is 8.99. The van der Waals surface area contributed by atoms with Gasteiger partial charge in [0.1, 0.15) is 12.4 Å². The molecule has 0 radical (unpaired) electrons. The number of carbonyl (C=O) groups is 1. The Hall–Kier alpha value is -2.81. The number of nitrogens with zero attached hydrogens (tertiary/aromatic N) is 4. The summed E-state index contributed by atoms with van der Waals surface area (Å²) in [5.74, 6) is 0.117.